The SMILES string of the molecule is CCCNC(=O)[C@@H](Cc1ccccc1)N(Cc1ccc(Br)cc1)C(=O)CN(c1ccc(C)cc1)S(=O)(=O)c1ccc(SC)cc1. The van der Waals surface area contributed by atoms with Gasteiger partial charge in [-0.15, -0.1) is 11.8 Å². The van der Waals surface area contributed by atoms with E-state index < -0.39 is 28.5 Å². The molecule has 0 heterocycles. The van der Waals surface area contributed by atoms with Crippen molar-refractivity contribution in [3.63, 3.8) is 0 Å². The number of carbonyl (C=O) groups is 2. The number of amides is 2. The predicted molar refractivity (Wildman–Crippen MR) is 186 cm³/mol. The van der Waals surface area contributed by atoms with Gasteiger partial charge in [-0.1, -0.05) is 83.0 Å². The van der Waals surface area contributed by atoms with Gasteiger partial charge in [-0.25, -0.2) is 8.42 Å². The second kappa shape index (κ2) is 16.1. The molecule has 0 aromatic heterocycles. The average Bonchev–Trinajstić information content (AvgIpc) is 3.05. The van der Waals surface area contributed by atoms with Gasteiger partial charge in [0.1, 0.15) is 12.6 Å². The minimum atomic E-state index is -4.15. The van der Waals surface area contributed by atoms with Crippen LogP contribution in [0.3, 0.4) is 0 Å². The number of halogens is 1. The van der Waals surface area contributed by atoms with Crippen LogP contribution in [0.1, 0.15) is 30.0 Å². The molecule has 4 rings (SSSR count). The molecule has 0 spiro atoms. The van der Waals surface area contributed by atoms with Gasteiger partial charge in [0.2, 0.25) is 11.8 Å². The van der Waals surface area contributed by atoms with Gasteiger partial charge >= 0.3 is 0 Å². The highest BCUT2D eigenvalue weighted by molar-refractivity contribution is 9.10. The Morgan fingerprint density at radius 1 is 0.867 bits per heavy atom. The lowest BCUT2D eigenvalue weighted by Crippen LogP contribution is -2.53. The lowest BCUT2D eigenvalue weighted by atomic mass is 10.0. The Morgan fingerprint density at radius 3 is 2.11 bits per heavy atom. The van der Waals surface area contributed by atoms with E-state index in [9.17, 15) is 18.0 Å². The second-order valence-electron chi connectivity index (χ2n) is 10.7. The van der Waals surface area contributed by atoms with Crippen molar-refractivity contribution in [2.45, 2.75) is 49.1 Å². The first kappa shape index (κ1) is 34.3. The van der Waals surface area contributed by atoms with Gasteiger partial charge in [0.15, 0.2) is 0 Å². The molecule has 1 N–H and O–H groups in total. The summed E-state index contributed by atoms with van der Waals surface area (Å²) in [5, 5.41) is 2.97. The van der Waals surface area contributed by atoms with Crippen molar-refractivity contribution < 1.29 is 18.0 Å². The number of aryl methyl sites for hydroxylation is 1. The van der Waals surface area contributed by atoms with Crippen molar-refractivity contribution in [1.29, 1.82) is 0 Å². The van der Waals surface area contributed by atoms with E-state index in [0.717, 1.165) is 36.8 Å². The van der Waals surface area contributed by atoms with Gasteiger partial charge in [-0.05, 0) is 79.3 Å². The third kappa shape index (κ3) is 9.22. The van der Waals surface area contributed by atoms with E-state index in [1.165, 1.54) is 16.7 Å². The molecule has 236 valence electrons. The van der Waals surface area contributed by atoms with E-state index >= 15 is 0 Å². The topological polar surface area (TPSA) is 86.8 Å². The van der Waals surface area contributed by atoms with Crippen molar-refractivity contribution in [2.75, 3.05) is 23.7 Å². The first-order chi connectivity index (χ1) is 21.6. The van der Waals surface area contributed by atoms with Crippen molar-refractivity contribution in [3.05, 3.63) is 124 Å². The van der Waals surface area contributed by atoms with Crippen molar-refractivity contribution in [3.8, 4) is 0 Å². The zero-order valence-electron chi connectivity index (χ0n) is 25.6. The number of carbonyl (C=O) groups excluding carboxylic acids is 2. The summed E-state index contributed by atoms with van der Waals surface area (Å²) in [6.07, 6.45) is 2.93. The highest BCUT2D eigenvalue weighted by Gasteiger charge is 2.34. The molecule has 0 aliphatic carbocycles. The molecule has 4 aromatic rings. The molecule has 45 heavy (non-hydrogen) atoms. The summed E-state index contributed by atoms with van der Waals surface area (Å²) >= 11 is 4.98. The molecule has 0 saturated carbocycles. The minimum Gasteiger partial charge on any atom is -0.354 e. The van der Waals surface area contributed by atoms with Crippen LogP contribution in [-0.2, 0) is 32.6 Å². The Labute approximate surface area is 279 Å². The van der Waals surface area contributed by atoms with Crippen LogP contribution in [0.5, 0.6) is 0 Å². The molecule has 0 aliphatic heterocycles. The van der Waals surface area contributed by atoms with Crippen molar-refractivity contribution >= 4 is 55.2 Å². The number of anilines is 1. The Hall–Kier alpha value is -3.60. The molecule has 0 aliphatic rings. The normalized spacial score (nSPS) is 11.9. The number of nitrogens with one attached hydrogen (secondary N) is 1. The molecular weight excluding hydrogens is 670 g/mol. The molecule has 4 aromatic carbocycles. The van der Waals surface area contributed by atoms with Crippen LogP contribution in [0.4, 0.5) is 5.69 Å². The smallest absolute Gasteiger partial charge is 0.264 e. The quantitative estimate of drug-likeness (QED) is 0.145. The summed E-state index contributed by atoms with van der Waals surface area (Å²) in [7, 11) is -4.15. The van der Waals surface area contributed by atoms with E-state index in [1.54, 1.807) is 36.4 Å². The zero-order chi connectivity index (χ0) is 32.4. The number of benzene rings is 4. The Balaban J connectivity index is 1.78. The molecule has 0 bridgehead atoms. The Morgan fingerprint density at radius 2 is 1.51 bits per heavy atom. The summed E-state index contributed by atoms with van der Waals surface area (Å²) < 4.78 is 30.4. The van der Waals surface area contributed by atoms with Crippen LogP contribution < -0.4 is 9.62 Å². The van der Waals surface area contributed by atoms with E-state index in [4.69, 9.17) is 0 Å². The number of rotatable bonds is 14. The lowest BCUT2D eigenvalue weighted by Gasteiger charge is -2.34. The number of hydrogen-bond donors (Lipinski definition) is 1. The molecule has 1 atom stereocenters. The van der Waals surface area contributed by atoms with Crippen molar-refractivity contribution in [1.82, 2.24) is 10.2 Å². The summed E-state index contributed by atoms with van der Waals surface area (Å²) in [4.78, 5) is 30.7. The molecule has 2 amide bonds. The Kier molecular flexibility index (Phi) is 12.3. The molecule has 0 saturated heterocycles. The third-order valence-corrected chi connectivity index (χ3v) is 10.4. The van der Waals surface area contributed by atoms with Crippen LogP contribution in [-0.4, -0.2) is 50.5 Å². The largest absolute Gasteiger partial charge is 0.354 e. The third-order valence-electron chi connectivity index (χ3n) is 7.33. The maximum absolute atomic E-state index is 14.5. The van der Waals surface area contributed by atoms with Crippen molar-refractivity contribution in [2.24, 2.45) is 0 Å². The van der Waals surface area contributed by atoms with E-state index in [2.05, 4.69) is 21.2 Å². The summed E-state index contributed by atoms with van der Waals surface area (Å²) in [6, 6.07) is 29.8. The van der Waals surface area contributed by atoms with Gasteiger partial charge in [-0.2, -0.15) is 0 Å². The molecule has 0 radical (unpaired) electrons. The summed E-state index contributed by atoms with van der Waals surface area (Å²) in [6.45, 7) is 3.97. The number of hydrogen-bond acceptors (Lipinski definition) is 5. The standard InChI is InChI=1S/C35H38BrN3O4S2/c1-4-22-37-35(41)33(23-27-8-6-5-7-9-27)38(24-28-12-14-29(36)15-13-28)34(40)25-39(30-16-10-26(2)11-17-30)45(42,43)32-20-18-31(44-3)19-21-32/h5-21,33H,4,22-25H2,1-3H3,(H,37,41)/t33-/m1/s1. The molecule has 0 unspecified atom stereocenters. The van der Waals surface area contributed by atoms with E-state index in [-0.39, 0.29) is 23.8 Å². The number of thioether (sulfide) groups is 1. The van der Waals surface area contributed by atoms with Crippen LogP contribution in [0.25, 0.3) is 0 Å². The highest BCUT2D eigenvalue weighted by atomic mass is 79.9. The second-order valence-corrected chi connectivity index (χ2v) is 14.3. The predicted octanol–water partition coefficient (Wildman–Crippen LogP) is 6.84. The molecule has 0 fully saturated rings. The monoisotopic (exact) mass is 707 g/mol. The van der Waals surface area contributed by atoms with Gasteiger partial charge in [-0.3, -0.25) is 13.9 Å². The van der Waals surface area contributed by atoms with Crippen LogP contribution in [0.15, 0.2) is 117 Å². The first-order valence-corrected chi connectivity index (χ1v) is 18.2. The summed E-state index contributed by atoms with van der Waals surface area (Å²) in [5.74, 6) is -0.779. The number of sulfonamides is 1. The maximum atomic E-state index is 14.5. The van der Waals surface area contributed by atoms with Gasteiger partial charge in [0.25, 0.3) is 10.0 Å². The molecule has 10 heteroatoms. The highest BCUT2D eigenvalue weighted by Crippen LogP contribution is 2.27. The van der Waals surface area contributed by atoms with E-state index in [0.29, 0.717) is 12.2 Å². The summed E-state index contributed by atoms with van der Waals surface area (Å²) in [5.41, 5.74) is 3.02. The maximum Gasteiger partial charge on any atom is 0.264 e. The lowest BCUT2D eigenvalue weighted by molar-refractivity contribution is -0.140. The molecular formula is C35H38BrN3O4S2. The number of nitrogens with zero attached hydrogens (tertiary/aromatic N) is 2. The van der Waals surface area contributed by atoms with E-state index in [1.807, 2.05) is 86.8 Å². The van der Waals surface area contributed by atoms with Gasteiger partial charge in [0.05, 0.1) is 10.6 Å². The fourth-order valence-electron chi connectivity index (χ4n) is 4.82. The zero-order valence-corrected chi connectivity index (χ0v) is 28.9. The average molecular weight is 709 g/mol. The van der Waals surface area contributed by atoms with Crippen LogP contribution in [0.2, 0.25) is 0 Å². The van der Waals surface area contributed by atoms with Crippen LogP contribution >= 0.6 is 27.7 Å². The molecule has 7 nitrogen and oxygen atoms in total. The van der Waals surface area contributed by atoms with Gasteiger partial charge in [0, 0.05) is 28.9 Å². The van der Waals surface area contributed by atoms with Crippen LogP contribution in [0, 0.1) is 6.92 Å². The fourth-order valence-corrected chi connectivity index (χ4v) is 6.91. The first-order valence-electron chi connectivity index (χ1n) is 14.7. The Bertz CT molecular complexity index is 1670. The van der Waals surface area contributed by atoms with Gasteiger partial charge < -0.3 is 10.2 Å². The minimum absolute atomic E-state index is 0.0784. The fraction of sp³-hybridized carbons (Fsp3) is 0.257.